The van der Waals surface area contributed by atoms with Gasteiger partial charge in [0.2, 0.25) is 11.8 Å². The molecule has 6 aromatic carbocycles. The van der Waals surface area contributed by atoms with Gasteiger partial charge in [-0.15, -0.1) is 0 Å². The monoisotopic (exact) mass is 1070 g/mol. The van der Waals surface area contributed by atoms with Gasteiger partial charge in [0.25, 0.3) is 11.8 Å². The molecule has 0 heterocycles. The summed E-state index contributed by atoms with van der Waals surface area (Å²) in [7, 11) is -10.6. The van der Waals surface area contributed by atoms with E-state index in [1.807, 2.05) is 0 Å². The standard InChI is InChI=1S/C46H47N6O10S4.Mo/c1-27(2)43(53)47-21-7-23-49-45(55)29-9-13-31(14-10-29)51(5)65(59,60)39-26-40(36-20-18-34-38(64(57)58)25-37(63)33-17-19-35(39)42(36)41(33)34)66(61,62)52(6)32-15-11-30(12-16-32)46(56)50-24-8-22-48-44(54)28(3)4;/h9-20,25-26,63H,1,3,7-8,21-24H2,2,4-6H3,(H,47,53)(H,48,54)(H,49,55)(H,50,56);. The summed E-state index contributed by atoms with van der Waals surface area (Å²) in [5.74, 6) is -1.43. The Balaban J connectivity index is 1.37. The third-order valence-corrected chi connectivity index (χ3v) is 17.1. The van der Waals surface area contributed by atoms with Crippen LogP contribution in [0.15, 0.2) is 129 Å². The Labute approximate surface area is 404 Å². The van der Waals surface area contributed by atoms with E-state index in [1.165, 1.54) is 86.9 Å². The Morgan fingerprint density at radius 3 is 1.25 bits per heavy atom. The molecule has 0 fully saturated rings. The number of nitrogens with zero attached hydrogens (tertiary/aromatic N) is 2. The summed E-state index contributed by atoms with van der Waals surface area (Å²) in [6, 6.07) is 20.1. The molecule has 0 spiro atoms. The molecule has 4 amide bonds. The molecule has 0 aliphatic carbocycles. The van der Waals surface area contributed by atoms with Gasteiger partial charge in [-0.05, 0) is 26.7 Å². The van der Waals surface area contributed by atoms with E-state index in [0.717, 1.165) is 33.2 Å². The van der Waals surface area contributed by atoms with Crippen LogP contribution in [0.3, 0.4) is 0 Å². The molecule has 21 heteroatoms. The van der Waals surface area contributed by atoms with Crippen molar-refractivity contribution in [2.45, 2.75) is 46.3 Å². The number of hydrogen-bond acceptors (Lipinski definition) is 11. The van der Waals surface area contributed by atoms with Gasteiger partial charge in [0.05, 0.1) is 0 Å². The van der Waals surface area contributed by atoms with Crippen LogP contribution in [0, 0.1) is 0 Å². The van der Waals surface area contributed by atoms with Crippen molar-refractivity contribution in [2.75, 3.05) is 48.9 Å². The Morgan fingerprint density at radius 2 is 0.881 bits per heavy atom. The number of nitrogens with one attached hydrogen (secondary N) is 4. The SMILES string of the molecule is C=C(C)C(=O)NCCCNC(=O)c1ccc(N(C)S(=O)(=O)c2cc(S(=O)(=O)N(C)c3ccc(C(=O)NCCCNC(=O)C(=C)C)cc3)c3ccc4c([S](=O)(=O)[Mo])cc(S)c5ccc2c3c54)cc1. The molecule has 351 valence electrons. The van der Waals surface area contributed by atoms with Crippen molar-refractivity contribution < 1.29 is 63.0 Å². The number of carbonyl (C=O) groups excluding carboxylic acids is 4. The zero-order valence-electron chi connectivity index (χ0n) is 36.8. The number of sulfonamides is 2. The number of carbonyl (C=O) groups is 4. The summed E-state index contributed by atoms with van der Waals surface area (Å²) in [6.45, 7) is 11.5. The van der Waals surface area contributed by atoms with Crippen LogP contribution in [0.25, 0.3) is 32.3 Å². The van der Waals surface area contributed by atoms with Crippen LogP contribution < -0.4 is 29.9 Å². The summed E-state index contributed by atoms with van der Waals surface area (Å²) in [5, 5.41) is 12.3. The minimum atomic E-state index is -4.64. The summed E-state index contributed by atoms with van der Waals surface area (Å²) in [5.41, 5.74) is 1.48. The summed E-state index contributed by atoms with van der Waals surface area (Å²) >= 11 is 5.55. The van der Waals surface area contributed by atoms with Gasteiger partial charge in [0.1, 0.15) is 0 Å². The van der Waals surface area contributed by atoms with E-state index in [4.69, 9.17) is 0 Å². The van der Waals surface area contributed by atoms with Gasteiger partial charge in [0, 0.05) is 48.5 Å². The first-order valence-electron chi connectivity index (χ1n) is 20.5. The van der Waals surface area contributed by atoms with Crippen LogP contribution in [0.1, 0.15) is 47.4 Å². The number of thiol groups is 1. The van der Waals surface area contributed by atoms with Crippen LogP contribution in [0.4, 0.5) is 11.4 Å². The van der Waals surface area contributed by atoms with Gasteiger partial charge in [-0.2, -0.15) is 0 Å². The molecule has 0 aliphatic rings. The van der Waals surface area contributed by atoms with Crippen LogP contribution in [-0.4, -0.2) is 89.2 Å². The van der Waals surface area contributed by atoms with Crippen molar-refractivity contribution in [1.29, 1.82) is 0 Å². The number of anilines is 2. The second-order valence-electron chi connectivity index (χ2n) is 15.6. The normalized spacial score (nSPS) is 11.9. The van der Waals surface area contributed by atoms with Gasteiger partial charge in [0.15, 0.2) is 0 Å². The van der Waals surface area contributed by atoms with E-state index >= 15 is 0 Å². The molecule has 0 bridgehead atoms. The zero-order valence-corrected chi connectivity index (χ0v) is 42.1. The molecule has 0 saturated carbocycles. The van der Waals surface area contributed by atoms with E-state index in [2.05, 4.69) is 47.1 Å². The molecular formula is C46H47MoN6O10S4. The Bertz CT molecular complexity index is 3180. The third kappa shape index (κ3) is 10.7. The summed E-state index contributed by atoms with van der Waals surface area (Å²) in [6.07, 6.45) is 0.906. The zero-order chi connectivity index (χ0) is 49.2. The van der Waals surface area contributed by atoms with E-state index in [0.29, 0.717) is 47.8 Å². The van der Waals surface area contributed by atoms with Crippen molar-refractivity contribution in [3.8, 4) is 0 Å². The second-order valence-corrected chi connectivity index (χ2v) is 24.6. The third-order valence-electron chi connectivity index (χ3n) is 10.9. The predicted octanol–water partition coefficient (Wildman–Crippen LogP) is 5.38. The minimum absolute atomic E-state index is 0.0755. The molecular weight excluding hydrogens is 1020 g/mol. The van der Waals surface area contributed by atoms with Gasteiger partial charge >= 0.3 is 255 Å². The molecule has 0 atom stereocenters. The maximum absolute atomic E-state index is 14.9. The first-order chi connectivity index (χ1) is 31.5. The number of rotatable bonds is 19. The summed E-state index contributed by atoms with van der Waals surface area (Å²) in [4.78, 5) is 48.7. The molecule has 4 N–H and O–H groups in total. The fraction of sp³-hybridized carbons (Fsp3) is 0.217. The van der Waals surface area contributed by atoms with Gasteiger partial charge in [-0.25, -0.2) is 0 Å². The average molecular weight is 1070 g/mol. The average Bonchev–Trinajstić information content (AvgIpc) is 3.29. The van der Waals surface area contributed by atoms with Crippen molar-refractivity contribution in [3.63, 3.8) is 0 Å². The van der Waals surface area contributed by atoms with Crippen molar-refractivity contribution in [2.24, 2.45) is 0 Å². The van der Waals surface area contributed by atoms with Crippen LogP contribution in [0.2, 0.25) is 0 Å². The fourth-order valence-corrected chi connectivity index (χ4v) is 12.2. The molecule has 0 radical (unpaired) electrons. The second kappa shape index (κ2) is 20.2. The van der Waals surface area contributed by atoms with Crippen LogP contribution in [0.5, 0.6) is 0 Å². The fourth-order valence-electron chi connectivity index (χ4n) is 7.22. The number of amides is 4. The molecule has 6 rings (SSSR count). The molecule has 6 aromatic rings. The van der Waals surface area contributed by atoms with E-state index < -0.39 is 49.2 Å². The van der Waals surface area contributed by atoms with Gasteiger partial charge in [-0.3, -0.25) is 19.2 Å². The Morgan fingerprint density at radius 1 is 0.537 bits per heavy atom. The Kier molecular flexibility index (Phi) is 15.3. The van der Waals surface area contributed by atoms with Crippen molar-refractivity contribution >= 4 is 108 Å². The molecule has 67 heavy (non-hydrogen) atoms. The molecule has 0 unspecified atom stereocenters. The topological polar surface area (TPSA) is 225 Å². The number of benzene rings is 6. The molecule has 0 aliphatic heterocycles. The first-order valence-corrected chi connectivity index (χ1v) is 27.7. The van der Waals surface area contributed by atoms with Crippen molar-refractivity contribution in [3.05, 3.63) is 120 Å². The Hall–Kier alpha value is -5.79. The maximum atomic E-state index is 14.9. The molecule has 16 nitrogen and oxygen atoms in total. The van der Waals surface area contributed by atoms with Crippen LogP contribution >= 0.6 is 12.6 Å². The van der Waals surface area contributed by atoms with Crippen molar-refractivity contribution in [1.82, 2.24) is 21.3 Å². The van der Waals surface area contributed by atoms with Crippen LogP contribution in [-0.2, 0) is 55.7 Å². The van der Waals surface area contributed by atoms with E-state index in [1.54, 1.807) is 19.9 Å². The quantitative estimate of drug-likeness (QED) is 0.0229. The summed E-state index contributed by atoms with van der Waals surface area (Å²) < 4.78 is 87.8. The molecule has 0 saturated heterocycles. The number of hydrogen-bond donors (Lipinski definition) is 5. The van der Waals surface area contributed by atoms with Gasteiger partial charge in [-0.1, -0.05) is 13.2 Å². The van der Waals surface area contributed by atoms with E-state index in [9.17, 15) is 44.4 Å². The predicted molar refractivity (Wildman–Crippen MR) is 258 cm³/mol. The van der Waals surface area contributed by atoms with Gasteiger partial charge < -0.3 is 21.3 Å². The molecule has 0 aromatic heterocycles. The van der Waals surface area contributed by atoms with E-state index in [-0.39, 0.29) is 78.7 Å². The first kappa shape index (κ1) is 50.6.